The van der Waals surface area contributed by atoms with Gasteiger partial charge in [0.1, 0.15) is 0 Å². The first kappa shape index (κ1) is 14.5. The van der Waals surface area contributed by atoms with Crippen LogP contribution in [0.2, 0.25) is 0 Å². The first-order valence-electron chi connectivity index (χ1n) is 7.47. The Kier molecular flexibility index (Phi) is 5.34. The molecule has 0 aromatic carbocycles. The highest BCUT2D eigenvalue weighted by Gasteiger charge is 2.28. The Bertz CT molecular complexity index is 354. The van der Waals surface area contributed by atoms with Gasteiger partial charge in [-0.1, -0.05) is 32.3 Å². The molecule has 2 rings (SSSR count). The van der Waals surface area contributed by atoms with Gasteiger partial charge in [-0.2, -0.15) is 4.98 Å². The lowest BCUT2D eigenvalue weighted by molar-refractivity contribution is 0.107. The van der Waals surface area contributed by atoms with Gasteiger partial charge in [-0.15, -0.1) is 0 Å². The molecular weight excluding hydrogens is 240 g/mol. The van der Waals surface area contributed by atoms with Crippen LogP contribution in [0.5, 0.6) is 0 Å². The van der Waals surface area contributed by atoms with Crippen molar-refractivity contribution in [3.8, 4) is 0 Å². The van der Waals surface area contributed by atoms with Gasteiger partial charge in [0, 0.05) is 38.1 Å². The Morgan fingerprint density at radius 3 is 3.00 bits per heavy atom. The first-order chi connectivity index (χ1) is 9.24. The fourth-order valence-electron chi connectivity index (χ4n) is 2.77. The topological polar surface area (TPSA) is 54.2 Å². The molecule has 108 valence electrons. The van der Waals surface area contributed by atoms with Crippen molar-refractivity contribution in [2.24, 2.45) is 5.92 Å². The Labute approximate surface area is 115 Å². The van der Waals surface area contributed by atoms with E-state index in [0.29, 0.717) is 12.1 Å². The third kappa shape index (κ3) is 3.76. The normalized spacial score (nSPS) is 26.5. The lowest BCUT2D eigenvalue weighted by Gasteiger charge is -2.42. The van der Waals surface area contributed by atoms with E-state index < -0.39 is 0 Å². The molecule has 1 aliphatic heterocycles. The molecule has 3 atom stereocenters. The summed E-state index contributed by atoms with van der Waals surface area (Å²) in [6.07, 6.45) is 4.70. The zero-order valence-electron chi connectivity index (χ0n) is 12.3. The van der Waals surface area contributed by atoms with E-state index in [0.717, 1.165) is 37.8 Å². The fourth-order valence-corrected chi connectivity index (χ4v) is 2.77. The van der Waals surface area contributed by atoms with Gasteiger partial charge in [0.2, 0.25) is 6.39 Å². The van der Waals surface area contributed by atoms with Gasteiger partial charge >= 0.3 is 0 Å². The molecule has 1 saturated heterocycles. The van der Waals surface area contributed by atoms with Crippen LogP contribution in [0.25, 0.3) is 0 Å². The monoisotopic (exact) mass is 266 g/mol. The molecule has 0 amide bonds. The number of piperazine rings is 1. The molecule has 0 saturated carbocycles. The third-order valence-electron chi connectivity index (χ3n) is 4.39. The molecule has 1 fully saturated rings. The minimum Gasteiger partial charge on any atom is -0.343 e. The summed E-state index contributed by atoms with van der Waals surface area (Å²) in [4.78, 5) is 6.69. The third-order valence-corrected chi connectivity index (χ3v) is 4.39. The quantitative estimate of drug-likeness (QED) is 0.849. The second kappa shape index (κ2) is 7.01. The Balaban J connectivity index is 1.90. The summed E-state index contributed by atoms with van der Waals surface area (Å²) in [6, 6.07) is 1.24. The predicted octanol–water partition coefficient (Wildman–Crippen LogP) is 1.71. The van der Waals surface area contributed by atoms with Crippen LogP contribution in [0.1, 0.15) is 39.4 Å². The van der Waals surface area contributed by atoms with Crippen LogP contribution >= 0.6 is 0 Å². The Morgan fingerprint density at radius 1 is 1.53 bits per heavy atom. The van der Waals surface area contributed by atoms with E-state index >= 15 is 0 Å². The number of nitrogens with zero attached hydrogens (tertiary/aromatic N) is 3. The standard InChI is InChI=1S/C14H26N4O/c1-4-11(3)13-9-18(12(5-2)8-15-13)7-6-14-16-10-19-17-14/h10-13,15H,4-9H2,1-3H3. The molecule has 1 aromatic heterocycles. The van der Waals surface area contributed by atoms with E-state index in [2.05, 4.69) is 41.1 Å². The lowest BCUT2D eigenvalue weighted by atomic mass is 9.94. The maximum atomic E-state index is 4.79. The zero-order valence-corrected chi connectivity index (χ0v) is 12.3. The van der Waals surface area contributed by atoms with Crippen LogP contribution in [-0.2, 0) is 6.42 Å². The Hall–Kier alpha value is -0.940. The molecule has 0 aliphatic carbocycles. The minimum atomic E-state index is 0.609. The molecule has 0 spiro atoms. The predicted molar refractivity (Wildman–Crippen MR) is 74.9 cm³/mol. The smallest absolute Gasteiger partial charge is 0.213 e. The van der Waals surface area contributed by atoms with Crippen LogP contribution in [-0.4, -0.2) is 46.8 Å². The number of aromatic nitrogens is 2. The maximum Gasteiger partial charge on any atom is 0.213 e. The van der Waals surface area contributed by atoms with E-state index in [1.165, 1.54) is 19.2 Å². The van der Waals surface area contributed by atoms with Crippen molar-refractivity contribution in [1.82, 2.24) is 20.4 Å². The van der Waals surface area contributed by atoms with Crippen LogP contribution in [0.15, 0.2) is 10.9 Å². The zero-order chi connectivity index (χ0) is 13.7. The van der Waals surface area contributed by atoms with E-state index in [-0.39, 0.29) is 0 Å². The molecule has 0 radical (unpaired) electrons. The highest BCUT2D eigenvalue weighted by atomic mass is 16.5. The summed E-state index contributed by atoms with van der Waals surface area (Å²) in [5.41, 5.74) is 0. The summed E-state index contributed by atoms with van der Waals surface area (Å²) < 4.78 is 4.79. The lowest BCUT2D eigenvalue weighted by Crippen LogP contribution is -2.58. The van der Waals surface area contributed by atoms with Gasteiger partial charge in [-0.25, -0.2) is 0 Å². The molecule has 5 nitrogen and oxygen atoms in total. The molecule has 19 heavy (non-hydrogen) atoms. The van der Waals surface area contributed by atoms with E-state index in [1.807, 2.05) is 0 Å². The average Bonchev–Trinajstić information content (AvgIpc) is 2.97. The number of nitrogens with one attached hydrogen (secondary N) is 1. The second-order valence-electron chi connectivity index (χ2n) is 5.55. The summed E-state index contributed by atoms with van der Waals surface area (Å²) >= 11 is 0. The van der Waals surface area contributed by atoms with Crippen LogP contribution in [0, 0.1) is 5.92 Å². The fraction of sp³-hybridized carbons (Fsp3) is 0.857. The van der Waals surface area contributed by atoms with Crippen molar-refractivity contribution in [2.75, 3.05) is 19.6 Å². The number of rotatable bonds is 6. The van der Waals surface area contributed by atoms with E-state index in [9.17, 15) is 0 Å². The molecule has 0 bridgehead atoms. The van der Waals surface area contributed by atoms with Crippen LogP contribution in [0.4, 0.5) is 0 Å². The summed E-state index contributed by atoms with van der Waals surface area (Å²) in [5.74, 6) is 1.54. The van der Waals surface area contributed by atoms with Crippen molar-refractivity contribution in [3.63, 3.8) is 0 Å². The van der Waals surface area contributed by atoms with Crippen LogP contribution in [0.3, 0.4) is 0 Å². The van der Waals surface area contributed by atoms with Gasteiger partial charge < -0.3 is 9.84 Å². The van der Waals surface area contributed by atoms with Gasteiger partial charge in [-0.3, -0.25) is 4.90 Å². The molecular formula is C14H26N4O. The molecule has 1 N–H and O–H groups in total. The molecule has 2 heterocycles. The van der Waals surface area contributed by atoms with Crippen molar-refractivity contribution >= 4 is 0 Å². The molecule has 5 heteroatoms. The molecule has 3 unspecified atom stereocenters. The van der Waals surface area contributed by atoms with E-state index in [1.54, 1.807) is 0 Å². The van der Waals surface area contributed by atoms with Crippen LogP contribution < -0.4 is 5.32 Å². The number of hydrogen-bond donors (Lipinski definition) is 1. The summed E-state index contributed by atoms with van der Waals surface area (Å²) in [7, 11) is 0. The first-order valence-corrected chi connectivity index (χ1v) is 7.47. The van der Waals surface area contributed by atoms with Gasteiger partial charge in [0.25, 0.3) is 0 Å². The largest absolute Gasteiger partial charge is 0.343 e. The Morgan fingerprint density at radius 2 is 2.37 bits per heavy atom. The summed E-state index contributed by atoms with van der Waals surface area (Å²) in [6.45, 7) is 10.1. The highest BCUT2D eigenvalue weighted by molar-refractivity contribution is 4.89. The minimum absolute atomic E-state index is 0.609. The molecule has 1 aliphatic rings. The van der Waals surface area contributed by atoms with Crippen molar-refractivity contribution in [2.45, 2.75) is 52.1 Å². The highest BCUT2D eigenvalue weighted by Crippen LogP contribution is 2.17. The van der Waals surface area contributed by atoms with Crippen molar-refractivity contribution < 1.29 is 4.52 Å². The van der Waals surface area contributed by atoms with Gasteiger partial charge in [0.05, 0.1) is 0 Å². The van der Waals surface area contributed by atoms with Gasteiger partial charge in [0.15, 0.2) is 5.82 Å². The SMILES string of the molecule is CCC(C)C1CN(CCc2ncon2)C(CC)CN1. The second-order valence-corrected chi connectivity index (χ2v) is 5.55. The number of hydrogen-bond acceptors (Lipinski definition) is 5. The van der Waals surface area contributed by atoms with Gasteiger partial charge in [-0.05, 0) is 12.3 Å². The van der Waals surface area contributed by atoms with Crippen molar-refractivity contribution in [3.05, 3.63) is 12.2 Å². The molecule has 1 aromatic rings. The van der Waals surface area contributed by atoms with Crippen molar-refractivity contribution in [1.29, 1.82) is 0 Å². The average molecular weight is 266 g/mol. The summed E-state index contributed by atoms with van der Waals surface area (Å²) in [5, 5.41) is 7.60. The maximum absolute atomic E-state index is 4.79. The van der Waals surface area contributed by atoms with E-state index in [4.69, 9.17) is 4.52 Å².